The molecule has 0 bridgehead atoms. The number of anilines is 1. The van der Waals surface area contributed by atoms with E-state index in [2.05, 4.69) is 5.32 Å². The van der Waals surface area contributed by atoms with Crippen molar-refractivity contribution in [2.75, 3.05) is 18.4 Å². The molecule has 1 aromatic carbocycles. The van der Waals surface area contributed by atoms with Gasteiger partial charge in [0.15, 0.2) is 0 Å². The maximum absolute atomic E-state index is 12.4. The average molecular weight is 355 g/mol. The van der Waals surface area contributed by atoms with E-state index in [1.807, 2.05) is 0 Å². The fourth-order valence-corrected chi connectivity index (χ4v) is 2.85. The lowest BCUT2D eigenvalue weighted by molar-refractivity contribution is -0.119. The third-order valence-electron chi connectivity index (χ3n) is 3.74. The monoisotopic (exact) mass is 354 g/mol. The van der Waals surface area contributed by atoms with Gasteiger partial charge in [-0.15, -0.1) is 0 Å². The standard InChI is InChI=1S/C17H23ClN2O4/c1-10-7-12(18)8-13(21)14(10)19-15(22)11-5-6-20(9-11)16(23)24-17(2,3)4/h7-8,11,21H,5-6,9H2,1-4H3,(H,19,22)/t11-/m0/s1. The normalized spacial score (nSPS) is 17.7. The van der Waals surface area contributed by atoms with Crippen molar-refractivity contribution in [2.45, 2.75) is 39.7 Å². The molecular weight excluding hydrogens is 332 g/mol. The van der Waals surface area contributed by atoms with Gasteiger partial charge in [-0.05, 0) is 45.7 Å². The van der Waals surface area contributed by atoms with E-state index in [9.17, 15) is 14.7 Å². The van der Waals surface area contributed by atoms with Crippen LogP contribution in [-0.4, -0.2) is 40.7 Å². The molecule has 0 radical (unpaired) electrons. The van der Waals surface area contributed by atoms with Crippen molar-refractivity contribution in [2.24, 2.45) is 5.92 Å². The van der Waals surface area contributed by atoms with Crippen LogP contribution >= 0.6 is 11.6 Å². The number of nitrogens with one attached hydrogen (secondary N) is 1. The first-order valence-electron chi connectivity index (χ1n) is 7.85. The number of rotatable bonds is 2. The van der Waals surface area contributed by atoms with Gasteiger partial charge in [-0.2, -0.15) is 0 Å². The summed E-state index contributed by atoms with van der Waals surface area (Å²) in [4.78, 5) is 26.0. The van der Waals surface area contributed by atoms with Crippen LogP contribution in [0.15, 0.2) is 12.1 Å². The van der Waals surface area contributed by atoms with Crippen molar-refractivity contribution in [3.8, 4) is 5.75 Å². The van der Waals surface area contributed by atoms with E-state index < -0.39 is 11.7 Å². The molecule has 132 valence electrons. The maximum Gasteiger partial charge on any atom is 0.410 e. The number of ether oxygens (including phenoxy) is 1. The predicted octanol–water partition coefficient (Wildman–Crippen LogP) is 3.55. The van der Waals surface area contributed by atoms with E-state index in [1.54, 1.807) is 33.8 Å². The van der Waals surface area contributed by atoms with Crippen LogP contribution < -0.4 is 5.32 Å². The van der Waals surface area contributed by atoms with Crippen LogP contribution in [0.4, 0.5) is 10.5 Å². The van der Waals surface area contributed by atoms with E-state index in [-0.39, 0.29) is 17.6 Å². The van der Waals surface area contributed by atoms with Crippen molar-refractivity contribution in [1.82, 2.24) is 4.90 Å². The second kappa shape index (κ2) is 6.89. The van der Waals surface area contributed by atoms with Crippen molar-refractivity contribution in [1.29, 1.82) is 0 Å². The minimum Gasteiger partial charge on any atom is -0.506 e. The minimum atomic E-state index is -0.566. The molecule has 1 heterocycles. The van der Waals surface area contributed by atoms with Crippen LogP contribution in [0, 0.1) is 12.8 Å². The summed E-state index contributed by atoms with van der Waals surface area (Å²) in [5.74, 6) is -0.649. The molecule has 1 atom stereocenters. The van der Waals surface area contributed by atoms with Gasteiger partial charge in [-0.25, -0.2) is 4.79 Å². The fraction of sp³-hybridized carbons (Fsp3) is 0.529. The number of phenolic OH excluding ortho intramolecular Hbond substituents is 1. The van der Waals surface area contributed by atoms with Gasteiger partial charge in [0.05, 0.1) is 11.6 Å². The number of aryl methyl sites for hydroxylation is 1. The largest absolute Gasteiger partial charge is 0.506 e. The zero-order valence-corrected chi connectivity index (χ0v) is 15.1. The van der Waals surface area contributed by atoms with Crippen molar-refractivity contribution < 1.29 is 19.4 Å². The average Bonchev–Trinajstić information content (AvgIpc) is 2.90. The minimum absolute atomic E-state index is 0.0738. The van der Waals surface area contributed by atoms with Gasteiger partial charge in [-0.3, -0.25) is 4.79 Å². The summed E-state index contributed by atoms with van der Waals surface area (Å²) in [6.07, 6.45) is 0.140. The van der Waals surface area contributed by atoms with Gasteiger partial charge in [0.25, 0.3) is 0 Å². The Bertz CT molecular complexity index is 631. The summed E-state index contributed by atoms with van der Waals surface area (Å²) in [7, 11) is 0. The van der Waals surface area contributed by atoms with Gasteiger partial charge in [0.2, 0.25) is 5.91 Å². The topological polar surface area (TPSA) is 78.9 Å². The van der Waals surface area contributed by atoms with Crippen LogP contribution in [-0.2, 0) is 9.53 Å². The second-order valence-corrected chi connectivity index (χ2v) is 7.45. The number of nitrogens with zero attached hydrogens (tertiary/aromatic N) is 1. The molecule has 1 aliphatic heterocycles. The molecule has 6 nitrogen and oxygen atoms in total. The Morgan fingerprint density at radius 1 is 1.38 bits per heavy atom. The first-order valence-corrected chi connectivity index (χ1v) is 8.22. The first-order chi connectivity index (χ1) is 11.1. The molecule has 1 aliphatic rings. The van der Waals surface area contributed by atoms with Gasteiger partial charge < -0.3 is 20.1 Å². The number of likely N-dealkylation sites (tertiary alicyclic amines) is 1. The molecule has 2 rings (SSSR count). The van der Waals surface area contributed by atoms with Gasteiger partial charge >= 0.3 is 6.09 Å². The molecule has 0 saturated carbocycles. The Labute approximate surface area is 146 Å². The number of hydrogen-bond acceptors (Lipinski definition) is 4. The smallest absolute Gasteiger partial charge is 0.410 e. The van der Waals surface area contributed by atoms with Crippen LogP contribution in [0.1, 0.15) is 32.8 Å². The molecule has 2 N–H and O–H groups in total. The highest BCUT2D eigenvalue weighted by atomic mass is 35.5. The second-order valence-electron chi connectivity index (χ2n) is 7.02. The molecule has 7 heteroatoms. The molecule has 2 amide bonds. The molecule has 0 spiro atoms. The van der Waals surface area contributed by atoms with Gasteiger partial charge in [-0.1, -0.05) is 11.6 Å². The Kier molecular flexibility index (Phi) is 5.28. The quantitative estimate of drug-likeness (QED) is 0.796. The lowest BCUT2D eigenvalue weighted by atomic mass is 10.1. The highest BCUT2D eigenvalue weighted by molar-refractivity contribution is 6.31. The number of carbonyl (C=O) groups excluding carboxylic acids is 2. The van der Waals surface area contributed by atoms with Crippen LogP contribution in [0.5, 0.6) is 5.75 Å². The molecular formula is C17H23ClN2O4. The number of benzene rings is 1. The number of halogens is 1. The highest BCUT2D eigenvalue weighted by Crippen LogP contribution is 2.32. The van der Waals surface area contributed by atoms with Crippen LogP contribution in [0.2, 0.25) is 5.02 Å². The van der Waals surface area contributed by atoms with E-state index in [0.717, 1.165) is 0 Å². The van der Waals surface area contributed by atoms with Crippen LogP contribution in [0.3, 0.4) is 0 Å². The van der Waals surface area contributed by atoms with Crippen molar-refractivity contribution in [3.05, 3.63) is 22.7 Å². The zero-order valence-electron chi connectivity index (χ0n) is 14.4. The molecule has 1 fully saturated rings. The number of amides is 2. The molecule has 1 aromatic rings. The van der Waals surface area contributed by atoms with Crippen LogP contribution in [0.25, 0.3) is 0 Å². The predicted molar refractivity (Wildman–Crippen MR) is 92.4 cm³/mol. The fourth-order valence-electron chi connectivity index (χ4n) is 2.58. The molecule has 0 aromatic heterocycles. The Morgan fingerprint density at radius 3 is 2.62 bits per heavy atom. The SMILES string of the molecule is Cc1cc(Cl)cc(O)c1NC(=O)[C@H]1CCN(C(=O)OC(C)(C)C)C1. The Morgan fingerprint density at radius 2 is 2.04 bits per heavy atom. The Balaban J connectivity index is 1.99. The van der Waals surface area contributed by atoms with Gasteiger partial charge in [0.1, 0.15) is 11.4 Å². The lowest BCUT2D eigenvalue weighted by Gasteiger charge is -2.24. The molecule has 1 saturated heterocycles. The third kappa shape index (κ3) is 4.54. The maximum atomic E-state index is 12.4. The number of aromatic hydroxyl groups is 1. The molecule has 0 unspecified atom stereocenters. The summed E-state index contributed by atoms with van der Waals surface area (Å²) in [5, 5.41) is 13.1. The summed E-state index contributed by atoms with van der Waals surface area (Å²) >= 11 is 5.86. The molecule has 24 heavy (non-hydrogen) atoms. The molecule has 0 aliphatic carbocycles. The summed E-state index contributed by atoms with van der Waals surface area (Å²) in [6.45, 7) is 7.93. The van der Waals surface area contributed by atoms with E-state index in [1.165, 1.54) is 11.0 Å². The van der Waals surface area contributed by atoms with E-state index in [4.69, 9.17) is 16.3 Å². The first kappa shape index (κ1) is 18.4. The number of carbonyl (C=O) groups is 2. The summed E-state index contributed by atoms with van der Waals surface area (Å²) < 4.78 is 5.32. The van der Waals surface area contributed by atoms with E-state index >= 15 is 0 Å². The zero-order chi connectivity index (χ0) is 18.1. The number of phenols is 1. The third-order valence-corrected chi connectivity index (χ3v) is 3.96. The van der Waals surface area contributed by atoms with Crippen molar-refractivity contribution in [3.63, 3.8) is 0 Å². The summed E-state index contributed by atoms with van der Waals surface area (Å²) in [6, 6.07) is 3.05. The lowest BCUT2D eigenvalue weighted by Crippen LogP contribution is -2.36. The number of hydrogen-bond donors (Lipinski definition) is 2. The van der Waals surface area contributed by atoms with Crippen molar-refractivity contribution >= 4 is 29.3 Å². The van der Waals surface area contributed by atoms with E-state index in [0.29, 0.717) is 35.8 Å². The highest BCUT2D eigenvalue weighted by Gasteiger charge is 2.33. The summed E-state index contributed by atoms with van der Waals surface area (Å²) in [5.41, 5.74) is 0.458. The van der Waals surface area contributed by atoms with Gasteiger partial charge in [0, 0.05) is 24.2 Å². The Hall–Kier alpha value is -1.95.